The number of anilines is 1. The second kappa shape index (κ2) is 6.83. The smallest absolute Gasteiger partial charge is 0.213 e. The van der Waals surface area contributed by atoms with E-state index >= 15 is 0 Å². The van der Waals surface area contributed by atoms with Crippen LogP contribution in [0.25, 0.3) is 0 Å². The van der Waals surface area contributed by atoms with Gasteiger partial charge in [0.1, 0.15) is 11.6 Å². The summed E-state index contributed by atoms with van der Waals surface area (Å²) in [6.45, 7) is 16.8. The van der Waals surface area contributed by atoms with E-state index in [0.29, 0.717) is 26.2 Å². The van der Waals surface area contributed by atoms with Gasteiger partial charge in [-0.15, -0.1) is 0 Å². The topological polar surface area (TPSA) is 66.4 Å². The second-order valence-electron chi connectivity index (χ2n) is 8.72. The first-order valence-corrected chi connectivity index (χ1v) is 10.6. The lowest BCUT2D eigenvalue weighted by atomic mass is 9.90. The minimum absolute atomic E-state index is 0.0644. The van der Waals surface area contributed by atoms with Crippen molar-refractivity contribution in [1.82, 2.24) is 14.3 Å². The van der Waals surface area contributed by atoms with Gasteiger partial charge in [0, 0.05) is 43.1 Å². The maximum atomic E-state index is 12.1. The number of hydrogen-bond acceptors (Lipinski definition) is 5. The molecule has 1 aromatic rings. The molecule has 0 spiro atoms. The predicted octanol–water partition coefficient (Wildman–Crippen LogP) is 2.54. The largest absolute Gasteiger partial charge is 0.354 e. The molecule has 142 valence electrons. The van der Waals surface area contributed by atoms with Crippen molar-refractivity contribution in [3.8, 4) is 0 Å². The van der Waals surface area contributed by atoms with E-state index in [0.717, 1.165) is 17.3 Å². The van der Waals surface area contributed by atoms with Crippen molar-refractivity contribution >= 4 is 15.8 Å². The SMILES string of the molecule is CCS(=O)(=O)N1CCN(c2cc(C(C)(C)C)nc(C(C)(C)C)n2)CC1. The van der Waals surface area contributed by atoms with Crippen LogP contribution in [0.15, 0.2) is 6.07 Å². The Hall–Kier alpha value is -1.21. The molecule has 1 aliphatic heterocycles. The fraction of sp³-hybridized carbons (Fsp3) is 0.778. The van der Waals surface area contributed by atoms with Crippen molar-refractivity contribution in [1.29, 1.82) is 0 Å². The highest BCUT2D eigenvalue weighted by molar-refractivity contribution is 7.89. The van der Waals surface area contributed by atoms with Crippen molar-refractivity contribution in [2.75, 3.05) is 36.8 Å². The van der Waals surface area contributed by atoms with Gasteiger partial charge in [-0.25, -0.2) is 18.4 Å². The molecule has 0 unspecified atom stereocenters. The summed E-state index contributed by atoms with van der Waals surface area (Å²) < 4.78 is 25.7. The molecule has 1 aromatic heterocycles. The third-order valence-corrected chi connectivity index (χ3v) is 6.35. The molecule has 1 aliphatic rings. The van der Waals surface area contributed by atoms with Crippen molar-refractivity contribution in [3.05, 3.63) is 17.6 Å². The fourth-order valence-corrected chi connectivity index (χ4v) is 3.78. The summed E-state index contributed by atoms with van der Waals surface area (Å²) in [6, 6.07) is 2.05. The van der Waals surface area contributed by atoms with Crippen LogP contribution in [0.2, 0.25) is 0 Å². The van der Waals surface area contributed by atoms with Crippen molar-refractivity contribution in [2.24, 2.45) is 0 Å². The zero-order valence-corrected chi connectivity index (χ0v) is 17.4. The number of aromatic nitrogens is 2. The van der Waals surface area contributed by atoms with E-state index in [9.17, 15) is 8.42 Å². The van der Waals surface area contributed by atoms with Crippen LogP contribution < -0.4 is 4.90 Å². The molecule has 0 bridgehead atoms. The molecule has 2 heterocycles. The Morgan fingerprint density at radius 3 is 1.96 bits per heavy atom. The summed E-state index contributed by atoms with van der Waals surface area (Å²) in [5, 5.41) is 0. The standard InChI is InChI=1S/C18H32N4O2S/c1-8-25(23,24)22-11-9-21(10-12-22)15-13-14(17(2,3)4)19-16(20-15)18(5,6)7/h13H,8-12H2,1-7H3. The van der Waals surface area contributed by atoms with Crippen LogP contribution in [0.5, 0.6) is 0 Å². The molecule has 0 aromatic carbocycles. The van der Waals surface area contributed by atoms with E-state index < -0.39 is 10.0 Å². The Bertz CT molecular complexity index is 677. The number of piperazine rings is 1. The first-order chi connectivity index (χ1) is 11.3. The predicted molar refractivity (Wildman–Crippen MR) is 103 cm³/mol. The van der Waals surface area contributed by atoms with Gasteiger partial charge in [0.15, 0.2) is 0 Å². The number of hydrogen-bond donors (Lipinski definition) is 0. The van der Waals surface area contributed by atoms with Crippen molar-refractivity contribution in [3.63, 3.8) is 0 Å². The quantitative estimate of drug-likeness (QED) is 0.820. The lowest BCUT2D eigenvalue weighted by Gasteiger charge is -2.35. The molecule has 0 atom stereocenters. The van der Waals surface area contributed by atoms with Gasteiger partial charge in [0.2, 0.25) is 10.0 Å². The molecule has 25 heavy (non-hydrogen) atoms. The molecule has 0 aliphatic carbocycles. The first-order valence-electron chi connectivity index (χ1n) is 8.97. The Morgan fingerprint density at radius 2 is 1.52 bits per heavy atom. The van der Waals surface area contributed by atoms with E-state index in [-0.39, 0.29) is 16.6 Å². The Balaban J connectivity index is 2.31. The lowest BCUT2D eigenvalue weighted by Crippen LogP contribution is -2.49. The molecule has 0 N–H and O–H groups in total. The zero-order chi connectivity index (χ0) is 19.0. The van der Waals surface area contributed by atoms with Crippen molar-refractivity contribution in [2.45, 2.75) is 59.3 Å². The summed E-state index contributed by atoms with van der Waals surface area (Å²) in [6.07, 6.45) is 0. The summed E-state index contributed by atoms with van der Waals surface area (Å²) >= 11 is 0. The molecule has 0 radical (unpaired) electrons. The molecule has 7 heteroatoms. The normalized spacial score (nSPS) is 17.8. The van der Waals surface area contributed by atoms with Crippen LogP contribution in [0.3, 0.4) is 0 Å². The van der Waals surface area contributed by atoms with Gasteiger partial charge >= 0.3 is 0 Å². The van der Waals surface area contributed by atoms with Gasteiger partial charge in [-0.05, 0) is 6.92 Å². The van der Waals surface area contributed by atoms with Crippen molar-refractivity contribution < 1.29 is 8.42 Å². The van der Waals surface area contributed by atoms with E-state index in [4.69, 9.17) is 9.97 Å². The highest BCUT2D eigenvalue weighted by atomic mass is 32.2. The molecule has 0 saturated carbocycles. The average molecular weight is 369 g/mol. The summed E-state index contributed by atoms with van der Waals surface area (Å²) in [7, 11) is -3.12. The van der Waals surface area contributed by atoms with E-state index in [1.807, 2.05) is 0 Å². The van der Waals surface area contributed by atoms with E-state index in [2.05, 4.69) is 52.5 Å². The highest BCUT2D eigenvalue weighted by Gasteiger charge is 2.29. The Labute approximate surface area is 152 Å². The minimum Gasteiger partial charge on any atom is -0.354 e. The summed E-state index contributed by atoms with van der Waals surface area (Å²) in [5.74, 6) is 1.89. The van der Waals surface area contributed by atoms with Gasteiger partial charge in [0.25, 0.3) is 0 Å². The molecular weight excluding hydrogens is 336 g/mol. The third-order valence-electron chi connectivity index (χ3n) is 4.47. The van der Waals surface area contributed by atoms with E-state index in [1.165, 1.54) is 0 Å². The van der Waals surface area contributed by atoms with Crippen LogP contribution in [-0.2, 0) is 20.9 Å². The number of sulfonamides is 1. The monoisotopic (exact) mass is 368 g/mol. The van der Waals surface area contributed by atoms with E-state index in [1.54, 1.807) is 11.2 Å². The van der Waals surface area contributed by atoms with Crippen LogP contribution >= 0.6 is 0 Å². The maximum Gasteiger partial charge on any atom is 0.213 e. The van der Waals surface area contributed by atoms with Gasteiger partial charge in [-0.2, -0.15) is 4.31 Å². The van der Waals surface area contributed by atoms with Crippen LogP contribution in [0.1, 0.15) is 60.0 Å². The van der Waals surface area contributed by atoms with Crippen LogP contribution in [0.4, 0.5) is 5.82 Å². The van der Waals surface area contributed by atoms with Crippen LogP contribution in [0, 0.1) is 0 Å². The van der Waals surface area contributed by atoms with Gasteiger partial charge < -0.3 is 4.90 Å². The fourth-order valence-electron chi connectivity index (χ4n) is 2.69. The minimum atomic E-state index is -3.12. The molecule has 1 saturated heterocycles. The van der Waals surface area contributed by atoms with Gasteiger partial charge in [-0.3, -0.25) is 0 Å². The average Bonchev–Trinajstić information content (AvgIpc) is 2.53. The van der Waals surface area contributed by atoms with Gasteiger partial charge in [-0.1, -0.05) is 41.5 Å². The molecule has 1 fully saturated rings. The summed E-state index contributed by atoms with van der Waals surface area (Å²) in [4.78, 5) is 11.8. The molecule has 2 rings (SSSR count). The van der Waals surface area contributed by atoms with Crippen LogP contribution in [-0.4, -0.2) is 54.6 Å². The molecule has 6 nitrogen and oxygen atoms in total. The summed E-state index contributed by atoms with van der Waals surface area (Å²) in [5.41, 5.74) is 0.820. The Kier molecular flexibility index (Phi) is 5.50. The highest BCUT2D eigenvalue weighted by Crippen LogP contribution is 2.28. The van der Waals surface area contributed by atoms with Gasteiger partial charge in [0.05, 0.1) is 11.4 Å². The number of rotatable bonds is 3. The molecular formula is C18H32N4O2S. The second-order valence-corrected chi connectivity index (χ2v) is 11.0. The lowest BCUT2D eigenvalue weighted by molar-refractivity contribution is 0.383. The third kappa shape index (κ3) is 4.70. The first kappa shape index (κ1) is 20.1. The Morgan fingerprint density at radius 1 is 0.960 bits per heavy atom. The zero-order valence-electron chi connectivity index (χ0n) is 16.6. The molecule has 0 amide bonds. The number of nitrogens with zero attached hydrogens (tertiary/aromatic N) is 4. The maximum absolute atomic E-state index is 12.1.